The summed E-state index contributed by atoms with van der Waals surface area (Å²) >= 11 is 5.89. The van der Waals surface area contributed by atoms with Crippen molar-refractivity contribution in [1.29, 1.82) is 0 Å². The number of fused-ring (bicyclic) bond motifs is 1. The molecule has 0 amide bonds. The van der Waals surface area contributed by atoms with Crippen LogP contribution in [0.5, 0.6) is 0 Å². The molecule has 0 saturated heterocycles. The number of nitrogens with one attached hydrogen (secondary N) is 1. The fraction of sp³-hybridized carbons (Fsp3) is 0.250. The maximum Gasteiger partial charge on any atom is 0.137 e. The molecule has 16 heavy (non-hydrogen) atoms. The number of pyridine rings is 1. The second kappa shape index (κ2) is 4.56. The van der Waals surface area contributed by atoms with E-state index in [9.17, 15) is 0 Å². The number of aromatic nitrogens is 2. The Hall–Kier alpha value is -1.50. The Labute approximate surface area is 99.4 Å². The van der Waals surface area contributed by atoms with Gasteiger partial charge in [-0.25, -0.2) is 4.98 Å². The van der Waals surface area contributed by atoms with Crippen LogP contribution in [0.4, 0.5) is 0 Å². The van der Waals surface area contributed by atoms with Gasteiger partial charge in [0.25, 0.3) is 0 Å². The van der Waals surface area contributed by atoms with E-state index in [4.69, 9.17) is 18.0 Å². The summed E-state index contributed by atoms with van der Waals surface area (Å²) in [7, 11) is 0. The molecule has 2 heterocycles. The van der Waals surface area contributed by atoms with Crippen LogP contribution < -0.4 is 5.32 Å². The van der Waals surface area contributed by atoms with Gasteiger partial charge in [0.15, 0.2) is 0 Å². The zero-order valence-corrected chi connectivity index (χ0v) is 9.70. The average Bonchev–Trinajstić information content (AvgIpc) is 2.67. The van der Waals surface area contributed by atoms with Crippen LogP contribution in [0.3, 0.4) is 0 Å². The van der Waals surface area contributed by atoms with Crippen molar-refractivity contribution >= 4 is 17.2 Å². The molecule has 0 spiro atoms. The van der Waals surface area contributed by atoms with E-state index in [2.05, 4.69) is 16.2 Å². The van der Waals surface area contributed by atoms with Crippen molar-refractivity contribution in [3.63, 3.8) is 0 Å². The monoisotopic (exact) mass is 233 g/mol. The Morgan fingerprint density at radius 1 is 1.56 bits per heavy atom. The normalized spacial score (nSPS) is 12.6. The molecule has 2 aromatic heterocycles. The molecule has 3 nitrogen and oxygen atoms in total. The van der Waals surface area contributed by atoms with Crippen molar-refractivity contribution in [1.82, 2.24) is 14.7 Å². The smallest absolute Gasteiger partial charge is 0.137 e. The van der Waals surface area contributed by atoms with Crippen molar-refractivity contribution in [2.24, 2.45) is 0 Å². The highest BCUT2D eigenvalue weighted by molar-refractivity contribution is 6.30. The first-order valence-corrected chi connectivity index (χ1v) is 5.39. The number of hydrogen-bond acceptors (Lipinski definition) is 2. The van der Waals surface area contributed by atoms with E-state index >= 15 is 0 Å². The summed E-state index contributed by atoms with van der Waals surface area (Å²) in [4.78, 5) is 4.43. The number of hydrogen-bond donors (Lipinski definition) is 1. The quantitative estimate of drug-likeness (QED) is 0.823. The van der Waals surface area contributed by atoms with E-state index in [-0.39, 0.29) is 6.04 Å². The van der Waals surface area contributed by atoms with Crippen molar-refractivity contribution in [2.45, 2.75) is 19.5 Å². The summed E-state index contributed by atoms with van der Waals surface area (Å²) in [6.45, 7) is 2.59. The zero-order valence-electron chi connectivity index (χ0n) is 8.94. The van der Waals surface area contributed by atoms with Crippen LogP contribution in [0.1, 0.15) is 12.6 Å². The summed E-state index contributed by atoms with van der Waals surface area (Å²) in [5, 5.41) is 3.87. The van der Waals surface area contributed by atoms with Crippen LogP contribution in [0.15, 0.2) is 24.5 Å². The zero-order chi connectivity index (χ0) is 11.5. The lowest BCUT2D eigenvalue weighted by atomic mass is 10.3. The van der Waals surface area contributed by atoms with Gasteiger partial charge in [-0.05, 0) is 19.1 Å². The molecule has 1 atom stereocenters. The minimum absolute atomic E-state index is 0.0494. The van der Waals surface area contributed by atoms with Crippen LogP contribution >= 0.6 is 11.6 Å². The van der Waals surface area contributed by atoms with E-state index in [1.165, 1.54) is 0 Å². The number of terminal acetylenes is 1. The molecular weight excluding hydrogens is 222 g/mol. The van der Waals surface area contributed by atoms with Crippen LogP contribution in [0, 0.1) is 12.3 Å². The first-order chi connectivity index (χ1) is 7.69. The molecule has 0 bridgehead atoms. The molecule has 4 heteroatoms. The topological polar surface area (TPSA) is 29.3 Å². The average molecular weight is 234 g/mol. The van der Waals surface area contributed by atoms with Gasteiger partial charge in [-0.2, -0.15) is 0 Å². The minimum atomic E-state index is 0.0494. The Morgan fingerprint density at radius 3 is 3.12 bits per heavy atom. The third kappa shape index (κ3) is 2.35. The SMILES string of the molecule is C#CC(C)NCc1cn2cc(Cl)ccc2n1. The maximum atomic E-state index is 5.89. The molecular formula is C12H12ClN3. The predicted octanol–water partition coefficient (Wildman–Crippen LogP) is 2.10. The number of halogens is 1. The van der Waals surface area contributed by atoms with Crippen molar-refractivity contribution < 1.29 is 0 Å². The lowest BCUT2D eigenvalue weighted by molar-refractivity contribution is 0.640. The molecule has 0 fully saturated rings. The molecule has 82 valence electrons. The van der Waals surface area contributed by atoms with Gasteiger partial charge in [-0.15, -0.1) is 6.42 Å². The van der Waals surface area contributed by atoms with Crippen molar-refractivity contribution in [3.8, 4) is 12.3 Å². The van der Waals surface area contributed by atoms with Gasteiger partial charge in [0.2, 0.25) is 0 Å². The molecule has 0 aliphatic rings. The van der Waals surface area contributed by atoms with Gasteiger partial charge >= 0.3 is 0 Å². The Morgan fingerprint density at radius 2 is 2.38 bits per heavy atom. The van der Waals surface area contributed by atoms with Gasteiger partial charge in [0.1, 0.15) is 5.65 Å². The molecule has 2 aromatic rings. The standard InChI is InChI=1S/C12H12ClN3/c1-3-9(2)14-6-11-8-16-7-10(13)4-5-12(16)15-11/h1,4-5,7-9,14H,6H2,2H3. The third-order valence-electron chi connectivity index (χ3n) is 2.30. The van der Waals surface area contributed by atoms with E-state index < -0.39 is 0 Å². The van der Waals surface area contributed by atoms with Gasteiger partial charge in [0, 0.05) is 18.9 Å². The lowest BCUT2D eigenvalue weighted by Crippen LogP contribution is -2.23. The maximum absolute atomic E-state index is 5.89. The van der Waals surface area contributed by atoms with Crippen molar-refractivity contribution in [2.75, 3.05) is 0 Å². The first kappa shape index (κ1) is 11.0. The molecule has 2 rings (SSSR count). The summed E-state index contributed by atoms with van der Waals surface area (Å²) in [6.07, 6.45) is 9.05. The molecule has 1 N–H and O–H groups in total. The Bertz CT molecular complexity index is 539. The van der Waals surface area contributed by atoms with Crippen LogP contribution in [0.2, 0.25) is 5.02 Å². The van der Waals surface area contributed by atoms with Gasteiger partial charge < -0.3 is 4.40 Å². The highest BCUT2D eigenvalue weighted by Gasteiger charge is 2.03. The van der Waals surface area contributed by atoms with E-state index in [1.54, 1.807) is 0 Å². The second-order valence-corrected chi connectivity index (χ2v) is 4.05. The van der Waals surface area contributed by atoms with E-state index in [1.807, 2.05) is 35.9 Å². The molecule has 0 saturated carbocycles. The van der Waals surface area contributed by atoms with Crippen molar-refractivity contribution in [3.05, 3.63) is 35.2 Å². The number of rotatable bonds is 3. The van der Waals surface area contributed by atoms with Crippen LogP contribution in [-0.2, 0) is 6.54 Å². The Balaban J connectivity index is 2.17. The van der Waals surface area contributed by atoms with Gasteiger partial charge in [0.05, 0.1) is 16.8 Å². The summed E-state index contributed by atoms with van der Waals surface area (Å²) in [5.41, 5.74) is 1.83. The summed E-state index contributed by atoms with van der Waals surface area (Å²) < 4.78 is 1.90. The molecule has 0 aliphatic carbocycles. The van der Waals surface area contributed by atoms with Crippen LogP contribution in [-0.4, -0.2) is 15.4 Å². The largest absolute Gasteiger partial charge is 0.305 e. The predicted molar refractivity (Wildman–Crippen MR) is 65.3 cm³/mol. The number of nitrogens with zero attached hydrogens (tertiary/aromatic N) is 2. The van der Waals surface area contributed by atoms with Crippen LogP contribution in [0.25, 0.3) is 5.65 Å². The fourth-order valence-corrected chi connectivity index (χ4v) is 1.59. The fourth-order valence-electron chi connectivity index (χ4n) is 1.42. The second-order valence-electron chi connectivity index (χ2n) is 3.61. The van der Waals surface area contributed by atoms with E-state index in [0.717, 1.165) is 11.3 Å². The minimum Gasteiger partial charge on any atom is -0.305 e. The molecule has 0 aliphatic heterocycles. The first-order valence-electron chi connectivity index (χ1n) is 5.01. The number of imidazole rings is 1. The summed E-state index contributed by atoms with van der Waals surface area (Å²) in [5.74, 6) is 2.61. The lowest BCUT2D eigenvalue weighted by Gasteiger charge is -2.03. The summed E-state index contributed by atoms with van der Waals surface area (Å²) in [6, 6.07) is 3.76. The highest BCUT2D eigenvalue weighted by Crippen LogP contribution is 2.11. The third-order valence-corrected chi connectivity index (χ3v) is 2.53. The molecule has 0 radical (unpaired) electrons. The molecule has 1 unspecified atom stereocenters. The highest BCUT2D eigenvalue weighted by atomic mass is 35.5. The van der Waals surface area contributed by atoms with Gasteiger partial charge in [-0.1, -0.05) is 17.5 Å². The van der Waals surface area contributed by atoms with Gasteiger partial charge in [-0.3, -0.25) is 5.32 Å². The van der Waals surface area contributed by atoms with E-state index in [0.29, 0.717) is 11.6 Å². The Kier molecular flexibility index (Phi) is 3.14. The molecule has 0 aromatic carbocycles.